The van der Waals surface area contributed by atoms with Gasteiger partial charge in [0.25, 0.3) is 0 Å². The Hall–Kier alpha value is -3.27. The molecule has 0 bridgehead atoms. The molecule has 4 rings (SSSR count). The van der Waals surface area contributed by atoms with E-state index < -0.39 is 27.5 Å². The van der Waals surface area contributed by atoms with Gasteiger partial charge >= 0.3 is 5.69 Å². The van der Waals surface area contributed by atoms with Crippen molar-refractivity contribution in [2.45, 2.75) is 19.0 Å². The monoisotopic (exact) mass is 413 g/mol. The van der Waals surface area contributed by atoms with Crippen molar-refractivity contribution in [3.8, 4) is 5.69 Å². The number of hydrogen-bond donors (Lipinski definition) is 0. The normalized spacial score (nSPS) is 17.9. The van der Waals surface area contributed by atoms with Crippen molar-refractivity contribution in [3.63, 3.8) is 0 Å². The lowest BCUT2D eigenvalue weighted by Crippen LogP contribution is -2.44. The van der Waals surface area contributed by atoms with Gasteiger partial charge in [-0.3, -0.25) is 4.79 Å². The third kappa shape index (κ3) is 3.97. The van der Waals surface area contributed by atoms with E-state index in [2.05, 4.69) is 10.4 Å². The fourth-order valence-electron chi connectivity index (χ4n) is 3.44. The summed E-state index contributed by atoms with van der Waals surface area (Å²) in [5, 5.41) is 7.66. The van der Waals surface area contributed by atoms with E-state index in [9.17, 15) is 18.0 Å². The number of rotatable bonds is 5. The first-order valence-electron chi connectivity index (χ1n) is 9.10. The van der Waals surface area contributed by atoms with E-state index in [-0.39, 0.29) is 18.1 Å². The number of amides is 1. The van der Waals surface area contributed by atoms with Crippen LogP contribution in [-0.2, 0) is 21.2 Å². The van der Waals surface area contributed by atoms with Crippen LogP contribution in [-0.4, -0.2) is 51.7 Å². The molecule has 0 radical (unpaired) electrons. The molecule has 1 fully saturated rings. The maximum atomic E-state index is 13.1. The van der Waals surface area contributed by atoms with Crippen LogP contribution in [0.3, 0.4) is 0 Å². The molecule has 2 aromatic carbocycles. The largest absolute Gasteiger partial charge is 0.368 e. The Bertz CT molecular complexity index is 1170. The summed E-state index contributed by atoms with van der Waals surface area (Å²) in [4.78, 5) is 27.2. The fraction of sp³-hybridized carbons (Fsp3) is 0.263. The van der Waals surface area contributed by atoms with Crippen LogP contribution in [0.5, 0.6) is 0 Å². The second-order valence-corrected chi connectivity index (χ2v) is 9.05. The van der Waals surface area contributed by atoms with Crippen molar-refractivity contribution in [2.75, 3.05) is 16.4 Å². The number of hydrogen-bond acceptors (Lipinski definition) is 6. The van der Waals surface area contributed by atoms with Gasteiger partial charge in [0.1, 0.15) is 6.54 Å². The molecule has 29 heavy (non-hydrogen) atoms. The molecule has 1 aliphatic rings. The van der Waals surface area contributed by atoms with E-state index in [0.717, 1.165) is 9.36 Å². The summed E-state index contributed by atoms with van der Waals surface area (Å²) in [7, 11) is -3.19. The lowest BCUT2D eigenvalue weighted by atomic mass is 10.2. The molecule has 150 valence electrons. The highest BCUT2D eigenvalue weighted by Gasteiger charge is 2.35. The highest BCUT2D eigenvalue weighted by atomic mass is 32.2. The molecule has 1 saturated heterocycles. The summed E-state index contributed by atoms with van der Waals surface area (Å²) >= 11 is 0. The first kappa shape index (κ1) is 19.1. The van der Waals surface area contributed by atoms with Crippen LogP contribution in [0.4, 0.5) is 5.69 Å². The zero-order valence-corrected chi connectivity index (χ0v) is 16.3. The Morgan fingerprint density at radius 3 is 2.31 bits per heavy atom. The summed E-state index contributed by atoms with van der Waals surface area (Å²) in [6.45, 7) is -0.336. The minimum atomic E-state index is -3.19. The second-order valence-electron chi connectivity index (χ2n) is 6.82. The van der Waals surface area contributed by atoms with Gasteiger partial charge in [0, 0.05) is 5.69 Å². The Labute approximate surface area is 167 Å². The molecule has 0 N–H and O–H groups in total. The van der Waals surface area contributed by atoms with Gasteiger partial charge in [0.05, 0.1) is 23.2 Å². The molecule has 3 aromatic rings. The van der Waals surface area contributed by atoms with Crippen molar-refractivity contribution in [1.82, 2.24) is 19.8 Å². The predicted molar refractivity (Wildman–Crippen MR) is 107 cm³/mol. The lowest BCUT2D eigenvalue weighted by Gasteiger charge is -2.28. The third-order valence-corrected chi connectivity index (χ3v) is 6.55. The van der Waals surface area contributed by atoms with Gasteiger partial charge in [-0.25, -0.2) is 13.2 Å². The first-order chi connectivity index (χ1) is 13.9. The van der Waals surface area contributed by atoms with Gasteiger partial charge in [0.2, 0.25) is 5.91 Å². The van der Waals surface area contributed by atoms with Crippen LogP contribution in [0.15, 0.2) is 65.5 Å². The van der Waals surface area contributed by atoms with Gasteiger partial charge in [-0.15, -0.1) is 0 Å². The summed E-state index contributed by atoms with van der Waals surface area (Å²) in [5.74, 6) is -0.474. The number of benzene rings is 2. The molecule has 0 unspecified atom stereocenters. The van der Waals surface area contributed by atoms with Crippen LogP contribution in [0, 0.1) is 0 Å². The zero-order chi connectivity index (χ0) is 20.4. The van der Waals surface area contributed by atoms with E-state index in [4.69, 9.17) is 0 Å². The number of anilines is 1. The quantitative estimate of drug-likeness (QED) is 0.608. The molecular weight excluding hydrogens is 394 g/mol. The Kier molecular flexibility index (Phi) is 5.01. The minimum absolute atomic E-state index is 0.0401. The topological polar surface area (TPSA) is 107 Å². The third-order valence-electron chi connectivity index (χ3n) is 4.80. The zero-order valence-electron chi connectivity index (χ0n) is 15.5. The standard InChI is InChI=1S/C19H19N5O4S/c25-18(13-22-19(26)24(21-20-22)16-9-5-2-6-10-16)23(15-7-3-1-4-8-15)17-11-12-29(27,28)14-17/h1-10,17H,11-14H2/t17-/m0/s1. The van der Waals surface area contributed by atoms with Crippen molar-refractivity contribution in [1.29, 1.82) is 0 Å². The van der Waals surface area contributed by atoms with Gasteiger partial charge < -0.3 is 4.90 Å². The summed E-state index contributed by atoms with van der Waals surface area (Å²) in [6, 6.07) is 17.1. The summed E-state index contributed by atoms with van der Waals surface area (Å²) in [5.41, 5.74) is 0.581. The highest BCUT2D eigenvalue weighted by Crippen LogP contribution is 2.24. The second kappa shape index (κ2) is 7.63. The number of carbonyl (C=O) groups excluding carboxylic acids is 1. The molecule has 1 amide bonds. The predicted octanol–water partition coefficient (Wildman–Crippen LogP) is 0.649. The molecule has 1 aromatic heterocycles. The summed E-state index contributed by atoms with van der Waals surface area (Å²) in [6.07, 6.45) is 0.356. The van der Waals surface area contributed by atoms with E-state index in [0.29, 0.717) is 17.8 Å². The van der Waals surface area contributed by atoms with E-state index in [1.165, 1.54) is 4.90 Å². The van der Waals surface area contributed by atoms with Crippen LogP contribution in [0.2, 0.25) is 0 Å². The minimum Gasteiger partial charge on any atom is -0.307 e. The van der Waals surface area contributed by atoms with Crippen LogP contribution in [0.25, 0.3) is 5.69 Å². The van der Waals surface area contributed by atoms with Crippen LogP contribution >= 0.6 is 0 Å². The number of sulfone groups is 1. The first-order valence-corrected chi connectivity index (χ1v) is 10.9. The van der Waals surface area contributed by atoms with E-state index >= 15 is 0 Å². The molecule has 1 atom stereocenters. The molecule has 9 nitrogen and oxygen atoms in total. The fourth-order valence-corrected chi connectivity index (χ4v) is 5.13. The van der Waals surface area contributed by atoms with E-state index in [1.54, 1.807) is 48.5 Å². The molecule has 0 saturated carbocycles. The van der Waals surface area contributed by atoms with Crippen molar-refractivity contribution in [2.24, 2.45) is 0 Å². The number of carbonyl (C=O) groups is 1. The molecule has 2 heterocycles. The SMILES string of the molecule is O=C(Cn1nnn(-c2ccccc2)c1=O)N(c1ccccc1)[C@H]1CCS(=O)(=O)C1. The van der Waals surface area contributed by atoms with Gasteiger partial charge in [-0.2, -0.15) is 9.36 Å². The molecule has 0 aliphatic carbocycles. The highest BCUT2D eigenvalue weighted by molar-refractivity contribution is 7.91. The Balaban J connectivity index is 1.63. The lowest BCUT2D eigenvalue weighted by molar-refractivity contribution is -0.119. The molecule has 10 heteroatoms. The van der Waals surface area contributed by atoms with Gasteiger partial charge in [-0.1, -0.05) is 36.4 Å². The van der Waals surface area contributed by atoms with Gasteiger partial charge in [-0.05, 0) is 41.1 Å². The molecule has 0 spiro atoms. The maximum absolute atomic E-state index is 13.1. The number of para-hydroxylation sites is 2. The Morgan fingerprint density at radius 2 is 1.69 bits per heavy atom. The summed E-state index contributed by atoms with van der Waals surface area (Å²) < 4.78 is 26.0. The average Bonchev–Trinajstić information content (AvgIpc) is 3.26. The molecular formula is C19H19N5O4S. The molecule has 1 aliphatic heterocycles. The maximum Gasteiger partial charge on any atom is 0.368 e. The van der Waals surface area contributed by atoms with Crippen molar-refractivity contribution < 1.29 is 13.2 Å². The average molecular weight is 413 g/mol. The van der Waals surface area contributed by atoms with Crippen LogP contribution < -0.4 is 10.6 Å². The Morgan fingerprint density at radius 1 is 1.03 bits per heavy atom. The van der Waals surface area contributed by atoms with Crippen molar-refractivity contribution >= 4 is 21.4 Å². The van der Waals surface area contributed by atoms with Gasteiger partial charge in [0.15, 0.2) is 9.84 Å². The van der Waals surface area contributed by atoms with Crippen LogP contribution in [0.1, 0.15) is 6.42 Å². The van der Waals surface area contributed by atoms with E-state index in [1.807, 2.05) is 12.1 Å². The number of tetrazole rings is 1. The smallest absolute Gasteiger partial charge is 0.307 e. The number of aromatic nitrogens is 4. The van der Waals surface area contributed by atoms with Crippen molar-refractivity contribution in [3.05, 3.63) is 71.1 Å². The number of nitrogens with zero attached hydrogens (tertiary/aromatic N) is 5.